The first kappa shape index (κ1) is 13.7. The van der Waals surface area contributed by atoms with Gasteiger partial charge < -0.3 is 5.32 Å². The molecule has 0 radical (unpaired) electrons. The lowest BCUT2D eigenvalue weighted by atomic mass is 10.3. The highest BCUT2D eigenvalue weighted by Gasteiger charge is 2.07. The summed E-state index contributed by atoms with van der Waals surface area (Å²) in [4.78, 5) is 8.28. The van der Waals surface area contributed by atoms with E-state index < -0.39 is 11.6 Å². The second-order valence-corrected chi connectivity index (χ2v) is 4.38. The van der Waals surface area contributed by atoms with E-state index in [9.17, 15) is 8.78 Å². The first-order valence-corrected chi connectivity index (χ1v) is 6.22. The van der Waals surface area contributed by atoms with Crippen molar-refractivity contribution >= 4 is 23.1 Å². The zero-order valence-corrected chi connectivity index (χ0v) is 11.0. The van der Waals surface area contributed by atoms with Crippen LogP contribution in [-0.2, 0) is 6.42 Å². The molecule has 19 heavy (non-hydrogen) atoms. The maximum Gasteiger partial charge on any atom is 0.149 e. The van der Waals surface area contributed by atoms with Crippen molar-refractivity contribution < 1.29 is 8.78 Å². The highest BCUT2D eigenvalue weighted by molar-refractivity contribution is 6.29. The minimum atomic E-state index is -0.688. The molecular formula is C13H12ClF2N3. The summed E-state index contributed by atoms with van der Waals surface area (Å²) < 4.78 is 26.3. The van der Waals surface area contributed by atoms with Crippen molar-refractivity contribution in [2.75, 3.05) is 5.32 Å². The van der Waals surface area contributed by atoms with Crippen LogP contribution in [0.25, 0.3) is 0 Å². The van der Waals surface area contributed by atoms with Gasteiger partial charge in [-0.3, -0.25) is 0 Å². The first-order valence-electron chi connectivity index (χ1n) is 5.84. The zero-order chi connectivity index (χ0) is 13.8. The van der Waals surface area contributed by atoms with Gasteiger partial charge in [0.1, 0.15) is 28.4 Å². The molecule has 1 heterocycles. The number of halogens is 3. The lowest BCUT2D eigenvalue weighted by Gasteiger charge is -2.08. The number of nitrogens with zero attached hydrogens (tertiary/aromatic N) is 2. The van der Waals surface area contributed by atoms with Crippen molar-refractivity contribution in [1.82, 2.24) is 9.97 Å². The predicted molar refractivity (Wildman–Crippen MR) is 70.7 cm³/mol. The summed E-state index contributed by atoms with van der Waals surface area (Å²) in [5.41, 5.74) is 0.138. The number of rotatable bonds is 4. The molecule has 0 saturated carbocycles. The second kappa shape index (κ2) is 5.93. The summed E-state index contributed by atoms with van der Waals surface area (Å²) in [5.74, 6) is -0.351. The Balaban J connectivity index is 2.27. The Bertz CT molecular complexity index is 590. The van der Waals surface area contributed by atoms with E-state index in [0.717, 1.165) is 12.5 Å². The predicted octanol–water partition coefficient (Wildman–Crippen LogP) is 4.10. The molecule has 6 heteroatoms. The van der Waals surface area contributed by atoms with E-state index in [0.29, 0.717) is 18.1 Å². The van der Waals surface area contributed by atoms with Crippen LogP contribution in [0.4, 0.5) is 20.3 Å². The number of aryl methyl sites for hydroxylation is 1. The number of anilines is 2. The van der Waals surface area contributed by atoms with Crippen LogP contribution >= 0.6 is 11.6 Å². The molecule has 2 rings (SSSR count). The van der Waals surface area contributed by atoms with Crippen LogP contribution in [0.2, 0.25) is 5.15 Å². The van der Waals surface area contributed by atoms with Gasteiger partial charge in [-0.2, -0.15) is 0 Å². The summed E-state index contributed by atoms with van der Waals surface area (Å²) in [7, 11) is 0. The van der Waals surface area contributed by atoms with Crippen molar-refractivity contribution in [3.05, 3.63) is 46.9 Å². The molecule has 1 aromatic carbocycles. The molecule has 0 amide bonds. The number of benzene rings is 1. The molecule has 0 atom stereocenters. The molecule has 0 spiro atoms. The van der Waals surface area contributed by atoms with Gasteiger partial charge >= 0.3 is 0 Å². The standard InChI is InChI=1S/C13H12ClF2N3/c1-2-3-12-18-11(14)7-13(19-12)17-10-5-4-8(15)6-9(10)16/h4-7H,2-3H2,1H3,(H,17,18,19). The third kappa shape index (κ3) is 3.61. The zero-order valence-electron chi connectivity index (χ0n) is 10.3. The van der Waals surface area contributed by atoms with E-state index in [1.54, 1.807) is 0 Å². The number of aromatic nitrogens is 2. The molecule has 1 N–H and O–H groups in total. The van der Waals surface area contributed by atoms with Gasteiger partial charge in [0.25, 0.3) is 0 Å². The molecule has 3 nitrogen and oxygen atoms in total. The molecule has 0 aliphatic rings. The van der Waals surface area contributed by atoms with Gasteiger partial charge in [0.2, 0.25) is 0 Å². The summed E-state index contributed by atoms with van der Waals surface area (Å²) in [6.45, 7) is 2.00. The summed E-state index contributed by atoms with van der Waals surface area (Å²) in [6, 6.07) is 4.77. The van der Waals surface area contributed by atoms with E-state index in [2.05, 4.69) is 15.3 Å². The van der Waals surface area contributed by atoms with E-state index in [1.807, 2.05) is 6.92 Å². The SMILES string of the molecule is CCCc1nc(Cl)cc(Nc2ccc(F)cc2F)n1. The largest absolute Gasteiger partial charge is 0.338 e. The Morgan fingerprint density at radius 2 is 2.00 bits per heavy atom. The maximum atomic E-state index is 13.5. The molecule has 0 aliphatic carbocycles. The van der Waals surface area contributed by atoms with Crippen LogP contribution < -0.4 is 5.32 Å². The van der Waals surface area contributed by atoms with E-state index >= 15 is 0 Å². The van der Waals surface area contributed by atoms with Crippen molar-refractivity contribution in [3.8, 4) is 0 Å². The van der Waals surface area contributed by atoms with Gasteiger partial charge in [-0.1, -0.05) is 18.5 Å². The van der Waals surface area contributed by atoms with E-state index in [-0.39, 0.29) is 10.8 Å². The molecule has 0 unspecified atom stereocenters. The average Bonchev–Trinajstić information content (AvgIpc) is 2.32. The van der Waals surface area contributed by atoms with Crippen molar-refractivity contribution in [2.24, 2.45) is 0 Å². The molecule has 0 aliphatic heterocycles. The molecule has 0 bridgehead atoms. The molecule has 2 aromatic rings. The second-order valence-electron chi connectivity index (χ2n) is 3.99. The van der Waals surface area contributed by atoms with E-state index in [4.69, 9.17) is 11.6 Å². The Kier molecular flexibility index (Phi) is 4.27. The number of hydrogen-bond donors (Lipinski definition) is 1. The first-order chi connectivity index (χ1) is 9.08. The number of nitrogens with one attached hydrogen (secondary N) is 1. The van der Waals surface area contributed by atoms with Crippen molar-refractivity contribution in [3.63, 3.8) is 0 Å². The average molecular weight is 284 g/mol. The third-order valence-corrected chi connectivity index (χ3v) is 2.60. The highest BCUT2D eigenvalue weighted by Crippen LogP contribution is 2.21. The molecular weight excluding hydrogens is 272 g/mol. The molecule has 100 valence electrons. The summed E-state index contributed by atoms with van der Waals surface area (Å²) in [6.07, 6.45) is 1.56. The molecule has 0 fully saturated rings. The van der Waals surface area contributed by atoms with Crippen molar-refractivity contribution in [2.45, 2.75) is 19.8 Å². The van der Waals surface area contributed by atoms with Crippen LogP contribution in [0.3, 0.4) is 0 Å². The van der Waals surface area contributed by atoms with Gasteiger partial charge in [0.05, 0.1) is 5.69 Å². The normalized spacial score (nSPS) is 10.5. The van der Waals surface area contributed by atoms with Crippen LogP contribution in [-0.4, -0.2) is 9.97 Å². The van der Waals surface area contributed by atoms with Gasteiger partial charge in [0.15, 0.2) is 0 Å². The van der Waals surface area contributed by atoms with Crippen molar-refractivity contribution in [1.29, 1.82) is 0 Å². The van der Waals surface area contributed by atoms with Gasteiger partial charge in [0, 0.05) is 18.6 Å². The number of hydrogen-bond acceptors (Lipinski definition) is 3. The van der Waals surface area contributed by atoms with Gasteiger partial charge in [-0.25, -0.2) is 18.7 Å². The maximum absolute atomic E-state index is 13.5. The fraction of sp³-hybridized carbons (Fsp3) is 0.231. The lowest BCUT2D eigenvalue weighted by molar-refractivity contribution is 0.586. The minimum absolute atomic E-state index is 0.138. The van der Waals surface area contributed by atoms with Gasteiger partial charge in [-0.05, 0) is 18.6 Å². The Hall–Kier alpha value is -1.75. The molecule has 1 aromatic heterocycles. The highest BCUT2D eigenvalue weighted by atomic mass is 35.5. The quantitative estimate of drug-likeness (QED) is 0.858. The van der Waals surface area contributed by atoms with E-state index in [1.165, 1.54) is 18.2 Å². The minimum Gasteiger partial charge on any atom is -0.338 e. The van der Waals surface area contributed by atoms with Crippen LogP contribution in [0.1, 0.15) is 19.2 Å². The monoisotopic (exact) mass is 283 g/mol. The Morgan fingerprint density at radius 1 is 1.21 bits per heavy atom. The summed E-state index contributed by atoms with van der Waals surface area (Å²) in [5, 5.41) is 3.04. The fourth-order valence-corrected chi connectivity index (χ4v) is 1.79. The smallest absolute Gasteiger partial charge is 0.149 e. The van der Waals surface area contributed by atoms with Crippen LogP contribution in [0.15, 0.2) is 24.3 Å². The van der Waals surface area contributed by atoms with Crippen LogP contribution in [0, 0.1) is 11.6 Å². The van der Waals surface area contributed by atoms with Gasteiger partial charge in [-0.15, -0.1) is 0 Å². The fourth-order valence-electron chi connectivity index (χ4n) is 1.59. The topological polar surface area (TPSA) is 37.8 Å². The third-order valence-electron chi connectivity index (χ3n) is 2.41. The lowest BCUT2D eigenvalue weighted by Crippen LogP contribution is -2.01. The Morgan fingerprint density at radius 3 is 2.68 bits per heavy atom. The summed E-state index contributed by atoms with van der Waals surface area (Å²) >= 11 is 5.87. The Labute approximate surface area is 114 Å². The van der Waals surface area contributed by atoms with Crippen LogP contribution in [0.5, 0.6) is 0 Å². The molecule has 0 saturated heterocycles.